The molecule has 2 aromatic carbocycles. The van der Waals surface area contributed by atoms with Gasteiger partial charge in [0.2, 0.25) is 11.1 Å². The first-order valence-electron chi connectivity index (χ1n) is 9.95. The van der Waals surface area contributed by atoms with E-state index in [0.29, 0.717) is 28.1 Å². The first kappa shape index (κ1) is 24.1. The molecule has 0 radical (unpaired) electrons. The molecule has 0 bridgehead atoms. The van der Waals surface area contributed by atoms with Crippen molar-refractivity contribution in [1.82, 2.24) is 25.8 Å². The minimum absolute atomic E-state index is 0.0324. The van der Waals surface area contributed by atoms with Gasteiger partial charge in [-0.1, -0.05) is 79.1 Å². The van der Waals surface area contributed by atoms with E-state index >= 15 is 0 Å². The van der Waals surface area contributed by atoms with Gasteiger partial charge in [0.15, 0.2) is 0 Å². The third-order valence-electron chi connectivity index (χ3n) is 4.57. The first-order chi connectivity index (χ1) is 15.3. The van der Waals surface area contributed by atoms with Crippen LogP contribution in [0.3, 0.4) is 0 Å². The number of carbonyl (C=O) groups excluding carboxylic acids is 2. The Hall–Kier alpha value is -2.55. The Balaban J connectivity index is 1.57. The molecule has 168 valence electrons. The van der Waals surface area contributed by atoms with Gasteiger partial charge >= 0.3 is 0 Å². The van der Waals surface area contributed by atoms with Gasteiger partial charge < -0.3 is 10.6 Å². The fourth-order valence-corrected chi connectivity index (χ4v) is 4.01. The summed E-state index contributed by atoms with van der Waals surface area (Å²) in [5.41, 5.74) is 1.35. The molecule has 3 rings (SSSR count). The lowest BCUT2D eigenvalue weighted by molar-refractivity contribution is -0.118. The molecule has 7 nitrogen and oxygen atoms in total. The summed E-state index contributed by atoms with van der Waals surface area (Å²) in [6.45, 7) is 4.38. The zero-order valence-corrected chi connectivity index (χ0v) is 19.9. The number of rotatable bonds is 9. The number of hydrogen-bond donors (Lipinski definition) is 3. The van der Waals surface area contributed by atoms with Crippen molar-refractivity contribution in [2.24, 2.45) is 5.92 Å². The number of nitrogens with zero attached hydrogens (tertiary/aromatic N) is 2. The molecule has 0 unspecified atom stereocenters. The maximum atomic E-state index is 12.7. The average Bonchev–Trinajstić information content (AvgIpc) is 3.23. The van der Waals surface area contributed by atoms with Crippen molar-refractivity contribution in [1.29, 1.82) is 0 Å². The van der Waals surface area contributed by atoms with Gasteiger partial charge in [0.05, 0.1) is 22.4 Å². The van der Waals surface area contributed by atoms with Crippen LogP contribution in [0.1, 0.15) is 41.6 Å². The fraction of sp³-hybridized carbons (Fsp3) is 0.273. The van der Waals surface area contributed by atoms with Crippen LogP contribution < -0.4 is 10.6 Å². The fourth-order valence-electron chi connectivity index (χ4n) is 2.88. The highest BCUT2D eigenvalue weighted by Gasteiger charge is 2.24. The van der Waals surface area contributed by atoms with Gasteiger partial charge in [0.25, 0.3) is 5.91 Å². The Kier molecular flexibility index (Phi) is 8.55. The van der Waals surface area contributed by atoms with Crippen LogP contribution in [0.25, 0.3) is 0 Å². The van der Waals surface area contributed by atoms with Gasteiger partial charge in [0.1, 0.15) is 5.82 Å². The summed E-state index contributed by atoms with van der Waals surface area (Å²) in [5.74, 6) is 0.270. The summed E-state index contributed by atoms with van der Waals surface area (Å²) in [7, 11) is 0. The number of aromatic amines is 1. The molecule has 3 N–H and O–H groups in total. The number of amides is 2. The maximum Gasteiger partial charge on any atom is 0.253 e. The summed E-state index contributed by atoms with van der Waals surface area (Å²) in [6.07, 6.45) is 0. The molecular weight excluding hydrogens is 469 g/mol. The van der Waals surface area contributed by atoms with E-state index < -0.39 is 6.04 Å². The smallest absolute Gasteiger partial charge is 0.253 e. The zero-order valence-electron chi connectivity index (χ0n) is 17.6. The van der Waals surface area contributed by atoms with Crippen LogP contribution >= 0.6 is 35.0 Å². The monoisotopic (exact) mass is 491 g/mol. The Morgan fingerprint density at radius 1 is 1.12 bits per heavy atom. The van der Waals surface area contributed by atoms with E-state index in [-0.39, 0.29) is 28.5 Å². The SMILES string of the molecule is CC(C)[C@@H](NC(=O)c1ccc(Cl)cc1Cl)c1nc(SCC(=O)NCc2ccccc2)n[nH]1. The van der Waals surface area contributed by atoms with Crippen molar-refractivity contribution in [3.63, 3.8) is 0 Å². The predicted octanol–water partition coefficient (Wildman–Crippen LogP) is 4.65. The van der Waals surface area contributed by atoms with Crippen LogP contribution in [0.4, 0.5) is 0 Å². The molecule has 0 aliphatic heterocycles. The number of benzene rings is 2. The maximum absolute atomic E-state index is 12.7. The molecule has 0 saturated carbocycles. The molecule has 0 spiro atoms. The molecule has 0 aliphatic rings. The minimum atomic E-state index is -0.414. The molecule has 0 fully saturated rings. The van der Waals surface area contributed by atoms with Crippen LogP contribution in [0.5, 0.6) is 0 Å². The molecule has 10 heteroatoms. The van der Waals surface area contributed by atoms with Gasteiger partial charge in [-0.25, -0.2) is 4.98 Å². The topological polar surface area (TPSA) is 99.8 Å². The number of hydrogen-bond acceptors (Lipinski definition) is 5. The molecule has 2 amide bonds. The van der Waals surface area contributed by atoms with Crippen LogP contribution in [0.15, 0.2) is 53.7 Å². The van der Waals surface area contributed by atoms with Gasteiger partial charge in [-0.05, 0) is 29.7 Å². The van der Waals surface area contributed by atoms with E-state index in [1.807, 2.05) is 44.2 Å². The van der Waals surface area contributed by atoms with E-state index in [4.69, 9.17) is 23.2 Å². The lowest BCUT2D eigenvalue weighted by Crippen LogP contribution is -2.32. The van der Waals surface area contributed by atoms with Crippen molar-refractivity contribution in [3.05, 3.63) is 75.5 Å². The molecule has 0 aliphatic carbocycles. The van der Waals surface area contributed by atoms with Crippen molar-refractivity contribution in [2.75, 3.05) is 5.75 Å². The normalized spacial score (nSPS) is 11.9. The summed E-state index contributed by atoms with van der Waals surface area (Å²) >= 11 is 13.3. The van der Waals surface area contributed by atoms with Crippen LogP contribution in [-0.2, 0) is 11.3 Å². The number of H-pyrrole nitrogens is 1. The zero-order chi connectivity index (χ0) is 23.1. The van der Waals surface area contributed by atoms with Crippen LogP contribution in [-0.4, -0.2) is 32.7 Å². The highest BCUT2D eigenvalue weighted by molar-refractivity contribution is 7.99. The molecule has 3 aromatic rings. The van der Waals surface area contributed by atoms with Crippen LogP contribution in [0, 0.1) is 5.92 Å². The third-order valence-corrected chi connectivity index (χ3v) is 5.97. The number of thioether (sulfide) groups is 1. The van der Waals surface area contributed by atoms with E-state index in [1.165, 1.54) is 17.8 Å². The number of nitrogens with one attached hydrogen (secondary N) is 3. The molecule has 1 atom stereocenters. The lowest BCUT2D eigenvalue weighted by Gasteiger charge is -2.20. The number of carbonyl (C=O) groups is 2. The standard InChI is InChI=1S/C22H23Cl2N5O2S/c1-13(2)19(26-21(31)16-9-8-15(23)10-17(16)24)20-27-22(29-28-20)32-12-18(30)25-11-14-6-4-3-5-7-14/h3-10,13,19H,11-12H2,1-2H3,(H,25,30)(H,26,31)(H,27,28,29)/t19-/m1/s1. The second-order valence-electron chi connectivity index (χ2n) is 7.37. The van der Waals surface area contributed by atoms with Gasteiger partial charge in [0, 0.05) is 11.6 Å². The summed E-state index contributed by atoms with van der Waals surface area (Å²) < 4.78 is 0. The molecule has 1 aromatic heterocycles. The van der Waals surface area contributed by atoms with Crippen molar-refractivity contribution >= 4 is 46.8 Å². The van der Waals surface area contributed by atoms with Gasteiger partial charge in [-0.15, -0.1) is 5.10 Å². The predicted molar refractivity (Wildman–Crippen MR) is 127 cm³/mol. The highest BCUT2D eigenvalue weighted by atomic mass is 35.5. The lowest BCUT2D eigenvalue weighted by atomic mass is 10.0. The van der Waals surface area contributed by atoms with Crippen molar-refractivity contribution in [3.8, 4) is 0 Å². The first-order valence-corrected chi connectivity index (χ1v) is 11.7. The van der Waals surface area contributed by atoms with E-state index in [1.54, 1.807) is 12.1 Å². The largest absolute Gasteiger partial charge is 0.351 e. The van der Waals surface area contributed by atoms with E-state index in [0.717, 1.165) is 5.56 Å². The second kappa shape index (κ2) is 11.4. The Bertz CT molecular complexity index is 1080. The second-order valence-corrected chi connectivity index (χ2v) is 9.16. The molecule has 32 heavy (non-hydrogen) atoms. The summed E-state index contributed by atoms with van der Waals surface area (Å²) in [5, 5.41) is 14.0. The minimum Gasteiger partial charge on any atom is -0.351 e. The van der Waals surface area contributed by atoms with E-state index in [2.05, 4.69) is 25.8 Å². The molecule has 1 heterocycles. The van der Waals surface area contributed by atoms with Gasteiger partial charge in [-0.3, -0.25) is 14.7 Å². The Morgan fingerprint density at radius 2 is 1.88 bits per heavy atom. The number of halogens is 2. The summed E-state index contributed by atoms with van der Waals surface area (Å²) in [4.78, 5) is 29.3. The van der Waals surface area contributed by atoms with Crippen molar-refractivity contribution in [2.45, 2.75) is 31.6 Å². The van der Waals surface area contributed by atoms with Crippen LogP contribution in [0.2, 0.25) is 10.0 Å². The average molecular weight is 492 g/mol. The highest BCUT2D eigenvalue weighted by Crippen LogP contribution is 2.24. The van der Waals surface area contributed by atoms with Crippen molar-refractivity contribution < 1.29 is 9.59 Å². The summed E-state index contributed by atoms with van der Waals surface area (Å²) in [6, 6.07) is 14.0. The quantitative estimate of drug-likeness (QED) is 0.378. The van der Waals surface area contributed by atoms with E-state index in [9.17, 15) is 9.59 Å². The Morgan fingerprint density at radius 3 is 2.56 bits per heavy atom. The third kappa shape index (κ3) is 6.72. The number of aromatic nitrogens is 3. The molecular formula is C22H23Cl2N5O2S. The Labute approximate surface area is 200 Å². The van der Waals surface area contributed by atoms with Gasteiger partial charge in [-0.2, -0.15) is 0 Å². The molecule has 0 saturated heterocycles.